The lowest BCUT2D eigenvalue weighted by Gasteiger charge is -2.34. The molecule has 6 rings (SSSR count). The monoisotopic (exact) mass is 555 g/mol. The lowest BCUT2D eigenvalue weighted by atomic mass is 10.00. The van der Waals surface area contributed by atoms with E-state index in [9.17, 15) is 0 Å². The highest BCUT2D eigenvalue weighted by Gasteiger charge is 2.24. The van der Waals surface area contributed by atoms with E-state index in [1.807, 2.05) is 42.5 Å². The Kier molecular flexibility index (Phi) is 9.39. The maximum Gasteiger partial charge on any atom is 0.233 e. The summed E-state index contributed by atoms with van der Waals surface area (Å²) in [6.45, 7) is 3.68. The number of fused-ring (bicyclic) bond motifs is 1. The number of halogens is 1. The number of benzene rings is 3. The molecule has 7 nitrogen and oxygen atoms in total. The van der Waals surface area contributed by atoms with Crippen LogP contribution in [0.1, 0.15) is 36.5 Å². The first-order chi connectivity index (χ1) is 19.3. The van der Waals surface area contributed by atoms with Crippen molar-refractivity contribution < 1.29 is 9.47 Å². The third-order valence-electron chi connectivity index (χ3n) is 7.15. The van der Waals surface area contributed by atoms with Gasteiger partial charge >= 0.3 is 0 Å². The van der Waals surface area contributed by atoms with Crippen molar-refractivity contribution in [3.63, 3.8) is 0 Å². The van der Waals surface area contributed by atoms with Gasteiger partial charge in [0.25, 0.3) is 0 Å². The van der Waals surface area contributed by atoms with Crippen LogP contribution in [-0.4, -0.2) is 57.1 Å². The molecule has 1 aliphatic heterocycles. The van der Waals surface area contributed by atoms with Crippen LogP contribution < -0.4 is 4.74 Å². The maximum absolute atomic E-state index is 6.69. The molecular formula is C32H34ClN5O2. The number of piperidine rings is 1. The summed E-state index contributed by atoms with van der Waals surface area (Å²) in [6, 6.07) is 34.7. The number of nitrogens with zero attached hydrogens (tertiary/aromatic N) is 5. The molecule has 0 aliphatic carbocycles. The second-order valence-corrected chi connectivity index (χ2v) is 9.90. The minimum Gasteiger partial charge on any atom is -0.477 e. The Hall–Kier alpha value is -3.78. The second kappa shape index (κ2) is 13.5. The molecule has 206 valence electrons. The molecule has 40 heavy (non-hydrogen) atoms. The molecule has 3 heterocycles. The Morgan fingerprint density at radius 3 is 2.02 bits per heavy atom. The Morgan fingerprint density at radius 1 is 0.750 bits per heavy atom. The molecule has 0 radical (unpaired) electrons. The van der Waals surface area contributed by atoms with Crippen molar-refractivity contribution in [3.8, 4) is 17.3 Å². The smallest absolute Gasteiger partial charge is 0.233 e. The van der Waals surface area contributed by atoms with Crippen LogP contribution in [0.5, 0.6) is 5.88 Å². The number of hydrogen-bond acceptors (Lipinski definition) is 6. The summed E-state index contributed by atoms with van der Waals surface area (Å²) in [5, 5.41) is 8.99. The standard InChI is InChI=1S/C32H33N5O2.ClH/c1-4-11-25(12-5-1)31(26-13-6-2-7-14-26)39-28-19-22-36(23-20-28)21-10-24-38-30-18-17-29-33-32(35-37(29)34-30)27-15-8-3-9-16-27;/h1-9,11-18,28,31H,10,19-24H2;1H. The van der Waals surface area contributed by atoms with E-state index in [0.29, 0.717) is 24.0 Å². The van der Waals surface area contributed by atoms with E-state index >= 15 is 0 Å². The predicted molar refractivity (Wildman–Crippen MR) is 159 cm³/mol. The van der Waals surface area contributed by atoms with Gasteiger partial charge in [0.15, 0.2) is 11.5 Å². The van der Waals surface area contributed by atoms with Gasteiger partial charge in [-0.1, -0.05) is 91.0 Å². The Labute approximate surface area is 241 Å². The summed E-state index contributed by atoms with van der Waals surface area (Å²) in [5.41, 5.74) is 4.08. The lowest BCUT2D eigenvalue weighted by Crippen LogP contribution is -2.38. The topological polar surface area (TPSA) is 64.8 Å². The van der Waals surface area contributed by atoms with Gasteiger partial charge in [-0.2, -0.15) is 0 Å². The first-order valence-corrected chi connectivity index (χ1v) is 13.7. The zero-order valence-electron chi connectivity index (χ0n) is 22.4. The molecule has 1 fully saturated rings. The van der Waals surface area contributed by atoms with E-state index in [4.69, 9.17) is 9.47 Å². The predicted octanol–water partition coefficient (Wildman–Crippen LogP) is 6.25. The van der Waals surface area contributed by atoms with Crippen LogP contribution in [0.15, 0.2) is 103 Å². The zero-order chi connectivity index (χ0) is 26.3. The van der Waals surface area contributed by atoms with Crippen molar-refractivity contribution in [2.24, 2.45) is 0 Å². The lowest BCUT2D eigenvalue weighted by molar-refractivity contribution is -0.0273. The SMILES string of the molecule is Cl.c1ccc(-c2nc3ccc(OCCCN4CCC(OC(c5ccccc5)c5ccccc5)CC4)nn3n2)cc1. The first kappa shape index (κ1) is 27.8. The Bertz CT molecular complexity index is 1420. The van der Waals surface area contributed by atoms with Gasteiger partial charge < -0.3 is 14.4 Å². The fraction of sp³-hybridized carbons (Fsp3) is 0.281. The largest absolute Gasteiger partial charge is 0.477 e. The van der Waals surface area contributed by atoms with Crippen molar-refractivity contribution in [1.82, 2.24) is 24.7 Å². The van der Waals surface area contributed by atoms with E-state index in [1.54, 1.807) is 4.63 Å². The van der Waals surface area contributed by atoms with Gasteiger partial charge in [0, 0.05) is 31.3 Å². The zero-order valence-corrected chi connectivity index (χ0v) is 23.2. The molecule has 0 spiro atoms. The van der Waals surface area contributed by atoms with Crippen LogP contribution in [0.2, 0.25) is 0 Å². The fourth-order valence-corrected chi connectivity index (χ4v) is 5.08. The van der Waals surface area contributed by atoms with Crippen LogP contribution in [0.4, 0.5) is 0 Å². The van der Waals surface area contributed by atoms with Crippen LogP contribution >= 0.6 is 12.4 Å². The minimum absolute atomic E-state index is 0. The van der Waals surface area contributed by atoms with Gasteiger partial charge in [-0.3, -0.25) is 0 Å². The van der Waals surface area contributed by atoms with E-state index in [-0.39, 0.29) is 24.6 Å². The highest BCUT2D eigenvalue weighted by Crippen LogP contribution is 2.30. The maximum atomic E-state index is 6.69. The molecule has 3 aromatic carbocycles. The molecule has 0 unspecified atom stereocenters. The van der Waals surface area contributed by atoms with Crippen LogP contribution in [0.3, 0.4) is 0 Å². The Balaban J connectivity index is 0.00000323. The highest BCUT2D eigenvalue weighted by atomic mass is 35.5. The molecule has 2 aromatic heterocycles. The number of likely N-dealkylation sites (tertiary alicyclic amines) is 1. The molecule has 0 atom stereocenters. The van der Waals surface area contributed by atoms with E-state index in [2.05, 4.69) is 80.7 Å². The van der Waals surface area contributed by atoms with Crippen molar-refractivity contribution in [1.29, 1.82) is 0 Å². The number of hydrogen-bond donors (Lipinski definition) is 0. The minimum atomic E-state index is -0.0315. The van der Waals surface area contributed by atoms with Gasteiger partial charge in [-0.25, -0.2) is 4.98 Å². The van der Waals surface area contributed by atoms with Gasteiger partial charge in [-0.05, 0) is 36.5 Å². The van der Waals surface area contributed by atoms with Crippen LogP contribution in [0, 0.1) is 0 Å². The van der Waals surface area contributed by atoms with Crippen LogP contribution in [-0.2, 0) is 4.74 Å². The van der Waals surface area contributed by atoms with Crippen LogP contribution in [0.25, 0.3) is 17.0 Å². The molecule has 0 amide bonds. The molecule has 1 aliphatic rings. The third kappa shape index (κ3) is 6.86. The van der Waals surface area contributed by atoms with Gasteiger partial charge in [-0.15, -0.1) is 27.2 Å². The molecule has 1 saturated heterocycles. The van der Waals surface area contributed by atoms with E-state index < -0.39 is 0 Å². The average molecular weight is 556 g/mol. The quantitative estimate of drug-likeness (QED) is 0.190. The summed E-state index contributed by atoms with van der Waals surface area (Å²) >= 11 is 0. The highest BCUT2D eigenvalue weighted by molar-refractivity contribution is 5.85. The molecule has 0 N–H and O–H groups in total. The van der Waals surface area contributed by atoms with Gasteiger partial charge in [0.1, 0.15) is 6.10 Å². The summed E-state index contributed by atoms with van der Waals surface area (Å²) < 4.78 is 14.2. The Morgan fingerprint density at radius 2 is 1.38 bits per heavy atom. The molecule has 0 saturated carbocycles. The second-order valence-electron chi connectivity index (χ2n) is 9.90. The number of aromatic nitrogens is 4. The van der Waals surface area contributed by atoms with Crippen molar-refractivity contribution >= 4 is 18.1 Å². The number of rotatable bonds is 10. The van der Waals surface area contributed by atoms with E-state index in [1.165, 1.54) is 11.1 Å². The molecule has 5 aromatic rings. The van der Waals surface area contributed by atoms with E-state index in [0.717, 1.165) is 44.5 Å². The summed E-state index contributed by atoms with van der Waals surface area (Å²) in [4.78, 5) is 7.06. The summed E-state index contributed by atoms with van der Waals surface area (Å²) in [7, 11) is 0. The first-order valence-electron chi connectivity index (χ1n) is 13.7. The van der Waals surface area contributed by atoms with Gasteiger partial charge in [0.2, 0.25) is 5.88 Å². The van der Waals surface area contributed by atoms with Crippen molar-refractivity contribution in [2.45, 2.75) is 31.5 Å². The normalized spacial score (nSPS) is 14.3. The van der Waals surface area contributed by atoms with Gasteiger partial charge in [0.05, 0.1) is 12.7 Å². The molecular weight excluding hydrogens is 522 g/mol. The third-order valence-corrected chi connectivity index (χ3v) is 7.15. The number of ether oxygens (including phenoxy) is 2. The average Bonchev–Trinajstić information content (AvgIpc) is 3.44. The van der Waals surface area contributed by atoms with Crippen molar-refractivity contribution in [2.75, 3.05) is 26.2 Å². The molecule has 0 bridgehead atoms. The molecule has 8 heteroatoms. The van der Waals surface area contributed by atoms with Crippen molar-refractivity contribution in [3.05, 3.63) is 114 Å². The summed E-state index contributed by atoms with van der Waals surface area (Å²) in [6.07, 6.45) is 3.23. The summed E-state index contributed by atoms with van der Waals surface area (Å²) in [5.74, 6) is 1.22. The fourth-order valence-electron chi connectivity index (χ4n) is 5.08.